The van der Waals surface area contributed by atoms with Gasteiger partial charge in [0.25, 0.3) is 0 Å². The molecule has 0 heterocycles. The quantitative estimate of drug-likeness (QED) is 0.534. The van der Waals surface area contributed by atoms with Gasteiger partial charge in [0.1, 0.15) is 12.7 Å². The van der Waals surface area contributed by atoms with Gasteiger partial charge in [0.15, 0.2) is 5.78 Å². The Morgan fingerprint density at radius 2 is 1.61 bits per heavy atom. The highest BCUT2D eigenvalue weighted by molar-refractivity contribution is 5.84. The molecule has 0 rings (SSSR count). The largest absolute Gasteiger partial charge is 0.382 e. The maximum atomic E-state index is 11.8. The summed E-state index contributed by atoms with van der Waals surface area (Å²) in [6.07, 6.45) is -0.690. The molecule has 0 unspecified atom stereocenters. The fourth-order valence-corrected chi connectivity index (χ4v) is 1.74. The number of hydrogen-bond acceptors (Lipinski definition) is 6. The molecule has 0 aliphatic heterocycles. The van der Waals surface area contributed by atoms with Crippen molar-refractivity contribution in [2.75, 3.05) is 48.8 Å². The van der Waals surface area contributed by atoms with Crippen LogP contribution >= 0.6 is 0 Å². The van der Waals surface area contributed by atoms with E-state index in [9.17, 15) is 4.79 Å². The summed E-state index contributed by atoms with van der Waals surface area (Å²) in [6.45, 7) is 0.436. The molecule has 0 aliphatic carbocycles. The van der Waals surface area contributed by atoms with E-state index in [1.54, 1.807) is 14.2 Å². The molecule has 0 fully saturated rings. The summed E-state index contributed by atoms with van der Waals surface area (Å²) >= 11 is 0. The number of hydrogen-bond donors (Lipinski definition) is 0. The smallest absolute Gasteiger partial charge is 0.189 e. The van der Waals surface area contributed by atoms with Crippen LogP contribution in [0.2, 0.25) is 0 Å². The van der Waals surface area contributed by atoms with E-state index >= 15 is 0 Å². The Morgan fingerprint density at radius 1 is 0.944 bits per heavy atom. The molecule has 0 radical (unpaired) electrons. The Kier molecular flexibility index (Phi) is 10.1. The van der Waals surface area contributed by atoms with Crippen LogP contribution in [0.25, 0.3) is 0 Å². The van der Waals surface area contributed by atoms with Gasteiger partial charge >= 0.3 is 0 Å². The number of rotatable bonds is 11. The lowest BCUT2D eigenvalue weighted by Gasteiger charge is -2.26. The number of carbonyl (C=O) groups is 1. The topological polar surface area (TPSA) is 63.2 Å². The van der Waals surface area contributed by atoms with E-state index in [1.807, 2.05) is 0 Å². The summed E-state index contributed by atoms with van der Waals surface area (Å²) in [5, 5.41) is 0. The number of Topliss-reactive ketones (excluding diaryl/α,β-unsaturated/α-hetero) is 1. The van der Waals surface area contributed by atoms with E-state index in [-0.39, 0.29) is 18.5 Å². The molecule has 6 heteroatoms. The van der Waals surface area contributed by atoms with Crippen molar-refractivity contribution in [2.24, 2.45) is 0 Å². The van der Waals surface area contributed by atoms with Crippen molar-refractivity contribution in [1.82, 2.24) is 0 Å². The average molecular weight is 264 g/mol. The van der Waals surface area contributed by atoms with Crippen molar-refractivity contribution >= 4 is 5.78 Å². The molecule has 0 bridgehead atoms. The monoisotopic (exact) mass is 264 g/mol. The van der Waals surface area contributed by atoms with E-state index in [2.05, 4.69) is 0 Å². The standard InChI is InChI=1S/C12H24O6/c1-14-7-9(16-3)6-11(17-4)12(18-5)10(13)8-15-2/h9,11-12H,6-8H2,1-5H3/t9-,11+,12+/m0/s1. The molecule has 0 aromatic carbocycles. The third kappa shape index (κ3) is 5.88. The van der Waals surface area contributed by atoms with Crippen LogP contribution in [0.3, 0.4) is 0 Å². The van der Waals surface area contributed by atoms with Crippen LogP contribution in [0.5, 0.6) is 0 Å². The van der Waals surface area contributed by atoms with Crippen molar-refractivity contribution in [3.8, 4) is 0 Å². The van der Waals surface area contributed by atoms with Crippen LogP contribution in [-0.4, -0.2) is 72.9 Å². The Labute approximate surface area is 108 Å². The molecule has 0 amide bonds. The zero-order valence-electron chi connectivity index (χ0n) is 11.8. The highest BCUT2D eigenvalue weighted by Gasteiger charge is 2.30. The summed E-state index contributed by atoms with van der Waals surface area (Å²) in [5.41, 5.74) is 0. The Morgan fingerprint density at radius 3 is 2.00 bits per heavy atom. The van der Waals surface area contributed by atoms with Crippen LogP contribution < -0.4 is 0 Å². The SMILES string of the molecule is COCC(=O)[C@@H](OC)[C@@H](C[C@@H](COC)OC)OC. The molecule has 0 aromatic rings. The Bertz CT molecular complexity index is 221. The van der Waals surface area contributed by atoms with Gasteiger partial charge in [-0.15, -0.1) is 0 Å². The average Bonchev–Trinajstić information content (AvgIpc) is 2.37. The van der Waals surface area contributed by atoms with Crippen LogP contribution in [0.4, 0.5) is 0 Å². The van der Waals surface area contributed by atoms with Crippen molar-refractivity contribution in [3.05, 3.63) is 0 Å². The van der Waals surface area contributed by atoms with E-state index in [1.165, 1.54) is 21.3 Å². The first kappa shape index (κ1) is 17.5. The number of carbonyl (C=O) groups excluding carboxylic acids is 1. The van der Waals surface area contributed by atoms with Gasteiger partial charge in [-0.05, 0) is 0 Å². The van der Waals surface area contributed by atoms with Gasteiger partial charge in [-0.25, -0.2) is 0 Å². The number of methoxy groups -OCH3 is 5. The van der Waals surface area contributed by atoms with Crippen LogP contribution in [0, 0.1) is 0 Å². The fraction of sp³-hybridized carbons (Fsp3) is 0.917. The molecule has 3 atom stereocenters. The second kappa shape index (κ2) is 10.4. The molecule has 6 nitrogen and oxygen atoms in total. The molecular formula is C12H24O6. The summed E-state index contributed by atoms with van der Waals surface area (Å²) in [7, 11) is 7.67. The Balaban J connectivity index is 4.54. The summed E-state index contributed by atoms with van der Waals surface area (Å²) in [4.78, 5) is 11.8. The molecule has 0 saturated carbocycles. The van der Waals surface area contributed by atoms with E-state index in [4.69, 9.17) is 23.7 Å². The minimum Gasteiger partial charge on any atom is -0.382 e. The lowest BCUT2D eigenvalue weighted by atomic mass is 10.0. The molecular weight excluding hydrogens is 240 g/mol. The minimum absolute atomic E-state index is 0.000291. The van der Waals surface area contributed by atoms with E-state index in [0.717, 1.165) is 0 Å². The zero-order valence-corrected chi connectivity index (χ0v) is 11.8. The van der Waals surface area contributed by atoms with E-state index in [0.29, 0.717) is 13.0 Å². The summed E-state index contributed by atoms with van der Waals surface area (Å²) < 4.78 is 25.6. The van der Waals surface area contributed by atoms with Crippen molar-refractivity contribution < 1.29 is 28.5 Å². The van der Waals surface area contributed by atoms with Crippen LogP contribution in [0.1, 0.15) is 6.42 Å². The first-order valence-electron chi connectivity index (χ1n) is 5.73. The number of ether oxygens (including phenoxy) is 5. The van der Waals surface area contributed by atoms with Gasteiger partial charge in [0.05, 0.1) is 18.8 Å². The lowest BCUT2D eigenvalue weighted by Crippen LogP contribution is -2.42. The molecule has 18 heavy (non-hydrogen) atoms. The minimum atomic E-state index is -0.663. The van der Waals surface area contributed by atoms with Crippen LogP contribution in [0.15, 0.2) is 0 Å². The van der Waals surface area contributed by atoms with Gasteiger partial charge in [0, 0.05) is 42.0 Å². The maximum absolute atomic E-state index is 11.8. The second-order valence-electron chi connectivity index (χ2n) is 3.88. The third-order valence-electron chi connectivity index (χ3n) is 2.68. The van der Waals surface area contributed by atoms with Crippen molar-refractivity contribution in [1.29, 1.82) is 0 Å². The summed E-state index contributed by atoms with van der Waals surface area (Å²) in [6, 6.07) is 0. The first-order valence-corrected chi connectivity index (χ1v) is 5.73. The molecule has 0 aromatic heterocycles. The van der Waals surface area contributed by atoms with Gasteiger partial charge in [-0.2, -0.15) is 0 Å². The fourth-order valence-electron chi connectivity index (χ4n) is 1.74. The first-order chi connectivity index (χ1) is 8.64. The highest BCUT2D eigenvalue weighted by Crippen LogP contribution is 2.13. The zero-order chi connectivity index (χ0) is 14.0. The molecule has 0 saturated heterocycles. The second-order valence-corrected chi connectivity index (χ2v) is 3.88. The van der Waals surface area contributed by atoms with Gasteiger partial charge in [0.2, 0.25) is 0 Å². The predicted molar refractivity (Wildman–Crippen MR) is 65.8 cm³/mol. The van der Waals surface area contributed by atoms with Gasteiger partial charge < -0.3 is 23.7 Å². The maximum Gasteiger partial charge on any atom is 0.189 e. The lowest BCUT2D eigenvalue weighted by molar-refractivity contribution is -0.143. The molecule has 0 N–H and O–H groups in total. The molecule has 0 aliphatic rings. The summed E-state index contributed by atoms with van der Waals surface area (Å²) in [5.74, 6) is -0.154. The van der Waals surface area contributed by atoms with Crippen LogP contribution in [-0.2, 0) is 28.5 Å². The van der Waals surface area contributed by atoms with Gasteiger partial charge in [-0.3, -0.25) is 4.79 Å². The highest BCUT2D eigenvalue weighted by atomic mass is 16.5. The van der Waals surface area contributed by atoms with Crippen molar-refractivity contribution in [2.45, 2.75) is 24.7 Å². The van der Waals surface area contributed by atoms with Gasteiger partial charge in [-0.1, -0.05) is 0 Å². The third-order valence-corrected chi connectivity index (χ3v) is 2.68. The molecule has 108 valence electrons. The Hall–Kier alpha value is -0.530. The number of ketones is 1. The molecule has 0 spiro atoms. The van der Waals surface area contributed by atoms with E-state index < -0.39 is 12.2 Å². The normalized spacial score (nSPS) is 16.3. The van der Waals surface area contributed by atoms with Crippen molar-refractivity contribution in [3.63, 3.8) is 0 Å². The predicted octanol–water partition coefficient (Wildman–Crippen LogP) is 0.283.